The van der Waals surface area contributed by atoms with Gasteiger partial charge in [-0.05, 0) is 12.8 Å². The Hall–Kier alpha value is -1.31. The van der Waals surface area contributed by atoms with Crippen molar-refractivity contribution in [3.8, 4) is 0 Å². The van der Waals surface area contributed by atoms with Crippen molar-refractivity contribution in [3.63, 3.8) is 0 Å². The molecule has 1 heterocycles. The van der Waals surface area contributed by atoms with Crippen LogP contribution in [-0.4, -0.2) is 36.8 Å². The van der Waals surface area contributed by atoms with Gasteiger partial charge >= 0.3 is 12.1 Å². The van der Waals surface area contributed by atoms with Gasteiger partial charge in [0.15, 0.2) is 5.13 Å². The van der Waals surface area contributed by atoms with E-state index in [2.05, 4.69) is 9.72 Å². The number of anilines is 1. The standard InChI is InChI=1S/C10H11F3N2O2S/c1-17-8(16)7-4-14-9(18-7)15(6-2-3-6)5-10(11,12)13/h4,6H,2-3,5H2,1H3. The number of nitrogens with zero attached hydrogens (tertiary/aromatic N) is 2. The summed E-state index contributed by atoms with van der Waals surface area (Å²) >= 11 is 0.923. The van der Waals surface area contributed by atoms with Gasteiger partial charge in [-0.2, -0.15) is 13.2 Å². The summed E-state index contributed by atoms with van der Waals surface area (Å²) in [5, 5.41) is 0.218. The van der Waals surface area contributed by atoms with E-state index in [9.17, 15) is 18.0 Å². The van der Waals surface area contributed by atoms with E-state index in [4.69, 9.17) is 0 Å². The molecule has 0 atom stereocenters. The molecule has 0 amide bonds. The first-order valence-electron chi connectivity index (χ1n) is 5.28. The van der Waals surface area contributed by atoms with Crippen LogP contribution in [0.1, 0.15) is 22.5 Å². The molecule has 1 fully saturated rings. The van der Waals surface area contributed by atoms with Crippen LogP contribution in [-0.2, 0) is 4.74 Å². The highest BCUT2D eigenvalue weighted by atomic mass is 32.1. The van der Waals surface area contributed by atoms with E-state index in [-0.39, 0.29) is 16.1 Å². The fourth-order valence-electron chi connectivity index (χ4n) is 1.52. The SMILES string of the molecule is COC(=O)c1cnc(N(CC(F)(F)F)C2CC2)s1. The van der Waals surface area contributed by atoms with Crippen molar-refractivity contribution in [1.82, 2.24) is 4.98 Å². The number of methoxy groups -OCH3 is 1. The highest BCUT2D eigenvalue weighted by Crippen LogP contribution is 2.36. The summed E-state index contributed by atoms with van der Waals surface area (Å²) in [5.41, 5.74) is 0. The molecule has 1 aromatic heterocycles. The van der Waals surface area contributed by atoms with Crippen LogP contribution in [0.3, 0.4) is 0 Å². The van der Waals surface area contributed by atoms with Crippen LogP contribution in [0, 0.1) is 0 Å². The lowest BCUT2D eigenvalue weighted by molar-refractivity contribution is -0.120. The van der Waals surface area contributed by atoms with Gasteiger partial charge in [0.2, 0.25) is 0 Å². The fraction of sp³-hybridized carbons (Fsp3) is 0.600. The first-order chi connectivity index (χ1) is 8.40. The van der Waals surface area contributed by atoms with Crippen molar-refractivity contribution < 1.29 is 22.7 Å². The molecule has 1 aliphatic rings. The van der Waals surface area contributed by atoms with Gasteiger partial charge in [-0.3, -0.25) is 0 Å². The summed E-state index contributed by atoms with van der Waals surface area (Å²) in [6, 6.07) is -0.122. The Kier molecular flexibility index (Phi) is 3.47. The maximum absolute atomic E-state index is 12.5. The van der Waals surface area contributed by atoms with Crippen LogP contribution >= 0.6 is 11.3 Å². The third kappa shape index (κ3) is 3.12. The number of halogens is 3. The van der Waals surface area contributed by atoms with Gasteiger partial charge in [-0.1, -0.05) is 11.3 Å². The van der Waals surface area contributed by atoms with Crippen LogP contribution in [0.4, 0.5) is 18.3 Å². The van der Waals surface area contributed by atoms with Crippen molar-refractivity contribution >= 4 is 22.4 Å². The minimum atomic E-state index is -4.28. The van der Waals surface area contributed by atoms with Crippen LogP contribution in [0.25, 0.3) is 0 Å². The second kappa shape index (κ2) is 4.75. The lowest BCUT2D eigenvalue weighted by Crippen LogP contribution is -2.35. The number of aromatic nitrogens is 1. The molecule has 2 rings (SSSR count). The minimum Gasteiger partial charge on any atom is -0.465 e. The second-order valence-electron chi connectivity index (χ2n) is 3.97. The number of esters is 1. The third-order valence-electron chi connectivity index (χ3n) is 2.46. The summed E-state index contributed by atoms with van der Waals surface area (Å²) in [5.74, 6) is -0.582. The van der Waals surface area contributed by atoms with Gasteiger partial charge < -0.3 is 9.64 Å². The van der Waals surface area contributed by atoms with E-state index in [1.165, 1.54) is 18.2 Å². The lowest BCUT2D eigenvalue weighted by atomic mass is 10.5. The second-order valence-corrected chi connectivity index (χ2v) is 4.98. The third-order valence-corrected chi connectivity index (χ3v) is 3.48. The van der Waals surface area contributed by atoms with E-state index in [1.807, 2.05) is 0 Å². The van der Waals surface area contributed by atoms with Crippen LogP contribution in [0.2, 0.25) is 0 Å². The zero-order valence-corrected chi connectivity index (χ0v) is 10.3. The molecule has 0 aromatic carbocycles. The van der Waals surface area contributed by atoms with Crippen molar-refractivity contribution in [2.24, 2.45) is 0 Å². The topological polar surface area (TPSA) is 42.4 Å². The molecule has 0 bridgehead atoms. The molecule has 18 heavy (non-hydrogen) atoms. The highest BCUT2D eigenvalue weighted by Gasteiger charge is 2.39. The fourth-order valence-corrected chi connectivity index (χ4v) is 2.43. The van der Waals surface area contributed by atoms with E-state index in [0.29, 0.717) is 0 Å². The smallest absolute Gasteiger partial charge is 0.406 e. The molecule has 0 spiro atoms. The molecule has 8 heteroatoms. The Morgan fingerprint density at radius 1 is 1.61 bits per heavy atom. The first-order valence-corrected chi connectivity index (χ1v) is 6.10. The van der Waals surface area contributed by atoms with Crippen LogP contribution < -0.4 is 4.90 Å². The maximum Gasteiger partial charge on any atom is 0.406 e. The van der Waals surface area contributed by atoms with E-state index < -0.39 is 18.7 Å². The quantitative estimate of drug-likeness (QED) is 0.795. The Balaban J connectivity index is 2.16. The number of alkyl halides is 3. The van der Waals surface area contributed by atoms with Gasteiger partial charge in [-0.15, -0.1) is 0 Å². The molecule has 1 aliphatic carbocycles. The molecule has 0 unspecified atom stereocenters. The highest BCUT2D eigenvalue weighted by molar-refractivity contribution is 7.17. The molecule has 0 saturated heterocycles. The summed E-state index contributed by atoms with van der Waals surface area (Å²) in [6.45, 7) is -1.04. The van der Waals surface area contributed by atoms with Gasteiger partial charge in [0.05, 0.1) is 13.3 Å². The van der Waals surface area contributed by atoms with Gasteiger partial charge in [0, 0.05) is 6.04 Å². The maximum atomic E-state index is 12.5. The summed E-state index contributed by atoms with van der Waals surface area (Å²) in [4.78, 5) is 16.5. The van der Waals surface area contributed by atoms with E-state index in [0.717, 1.165) is 24.2 Å². The lowest BCUT2D eigenvalue weighted by Gasteiger charge is -2.22. The Bertz CT molecular complexity index is 443. The van der Waals surface area contributed by atoms with Gasteiger partial charge in [-0.25, -0.2) is 9.78 Å². The average molecular weight is 280 g/mol. The van der Waals surface area contributed by atoms with E-state index in [1.54, 1.807) is 0 Å². The molecule has 100 valence electrons. The van der Waals surface area contributed by atoms with Crippen molar-refractivity contribution in [3.05, 3.63) is 11.1 Å². The van der Waals surface area contributed by atoms with Gasteiger partial charge in [0.1, 0.15) is 11.4 Å². The predicted molar refractivity (Wildman–Crippen MR) is 59.9 cm³/mol. The minimum absolute atomic E-state index is 0.122. The Morgan fingerprint density at radius 2 is 2.28 bits per heavy atom. The zero-order valence-electron chi connectivity index (χ0n) is 9.53. The number of thiazole rings is 1. The Morgan fingerprint density at radius 3 is 2.78 bits per heavy atom. The van der Waals surface area contributed by atoms with Crippen LogP contribution in [0.15, 0.2) is 6.20 Å². The monoisotopic (exact) mass is 280 g/mol. The molecule has 0 N–H and O–H groups in total. The first kappa shape index (κ1) is 13.1. The van der Waals surface area contributed by atoms with Crippen molar-refractivity contribution in [2.45, 2.75) is 25.1 Å². The number of hydrogen-bond donors (Lipinski definition) is 0. The van der Waals surface area contributed by atoms with Crippen molar-refractivity contribution in [1.29, 1.82) is 0 Å². The largest absolute Gasteiger partial charge is 0.465 e. The molecule has 1 saturated carbocycles. The number of carbonyl (C=O) groups excluding carboxylic acids is 1. The van der Waals surface area contributed by atoms with Gasteiger partial charge in [0.25, 0.3) is 0 Å². The molecule has 0 aliphatic heterocycles. The summed E-state index contributed by atoms with van der Waals surface area (Å²) in [6.07, 6.45) is -1.58. The zero-order chi connectivity index (χ0) is 13.3. The Labute approximate surface area is 105 Å². The summed E-state index contributed by atoms with van der Waals surface area (Å²) < 4.78 is 41.9. The molecular weight excluding hydrogens is 269 g/mol. The van der Waals surface area contributed by atoms with Crippen LogP contribution in [0.5, 0.6) is 0 Å². The molecular formula is C10H11F3N2O2S. The van der Waals surface area contributed by atoms with E-state index >= 15 is 0 Å². The number of ether oxygens (including phenoxy) is 1. The molecule has 1 aromatic rings. The summed E-state index contributed by atoms with van der Waals surface area (Å²) in [7, 11) is 1.22. The number of hydrogen-bond acceptors (Lipinski definition) is 5. The molecule has 4 nitrogen and oxygen atoms in total. The van der Waals surface area contributed by atoms with Crippen molar-refractivity contribution in [2.75, 3.05) is 18.6 Å². The predicted octanol–water partition coefficient (Wildman–Crippen LogP) is 2.46. The number of carbonyl (C=O) groups is 1. The molecule has 0 radical (unpaired) electrons. The normalized spacial score (nSPS) is 15.6. The number of rotatable bonds is 4. The average Bonchev–Trinajstić information content (AvgIpc) is 3.01.